The fourth-order valence-corrected chi connectivity index (χ4v) is 2.29. The molecule has 0 aliphatic rings. The van der Waals surface area contributed by atoms with Gasteiger partial charge in [-0.25, -0.2) is 4.79 Å². The lowest BCUT2D eigenvalue weighted by Gasteiger charge is -1.91. The van der Waals surface area contributed by atoms with Gasteiger partial charge in [-0.1, -0.05) is 12.1 Å². The van der Waals surface area contributed by atoms with Crippen molar-refractivity contribution < 1.29 is 9.90 Å². The Balaban J connectivity index is 2.75. The molecule has 0 radical (unpaired) electrons. The van der Waals surface area contributed by atoms with Gasteiger partial charge >= 0.3 is 5.97 Å². The maximum atomic E-state index is 10.7. The Hall–Kier alpha value is -1.35. The van der Waals surface area contributed by atoms with Crippen LogP contribution >= 0.6 is 11.3 Å². The van der Waals surface area contributed by atoms with Crippen LogP contribution in [0.15, 0.2) is 24.3 Å². The van der Waals surface area contributed by atoms with Crippen molar-refractivity contribution in [2.75, 3.05) is 0 Å². The van der Waals surface area contributed by atoms with Gasteiger partial charge in [0.25, 0.3) is 0 Å². The summed E-state index contributed by atoms with van der Waals surface area (Å²) in [4.78, 5) is 11.1. The molecule has 0 aliphatic carbocycles. The zero-order chi connectivity index (χ0) is 9.42. The number of carboxylic acid groups (broad SMARTS) is 1. The molecule has 1 aromatic carbocycles. The van der Waals surface area contributed by atoms with Gasteiger partial charge < -0.3 is 5.11 Å². The van der Waals surface area contributed by atoms with E-state index < -0.39 is 5.97 Å². The average Bonchev–Trinajstić information content (AvgIpc) is 2.49. The summed E-state index contributed by atoms with van der Waals surface area (Å²) in [6, 6.07) is 7.61. The molecule has 1 heterocycles. The Morgan fingerprint density at radius 1 is 1.46 bits per heavy atom. The van der Waals surface area contributed by atoms with Crippen molar-refractivity contribution in [3.05, 3.63) is 34.7 Å². The van der Waals surface area contributed by atoms with Gasteiger partial charge in [0.2, 0.25) is 0 Å². The van der Waals surface area contributed by atoms with Crippen LogP contribution in [0.2, 0.25) is 0 Å². The fraction of sp³-hybridized carbons (Fsp3) is 0.100. The SMILES string of the molecule is Cc1cccc2sc(C(=O)O)cc12. The lowest BCUT2D eigenvalue weighted by Crippen LogP contribution is -1.89. The summed E-state index contributed by atoms with van der Waals surface area (Å²) in [5.41, 5.74) is 1.13. The number of carboxylic acids is 1. The second kappa shape index (κ2) is 2.85. The van der Waals surface area contributed by atoms with E-state index in [0.717, 1.165) is 15.6 Å². The molecule has 1 N–H and O–H groups in total. The van der Waals surface area contributed by atoms with Gasteiger partial charge in [-0.15, -0.1) is 11.3 Å². The van der Waals surface area contributed by atoms with E-state index in [4.69, 9.17) is 5.11 Å². The quantitative estimate of drug-likeness (QED) is 0.754. The van der Waals surface area contributed by atoms with E-state index in [1.807, 2.05) is 25.1 Å². The van der Waals surface area contributed by atoms with Gasteiger partial charge in [-0.05, 0) is 30.0 Å². The van der Waals surface area contributed by atoms with Crippen molar-refractivity contribution in [3.8, 4) is 0 Å². The molecule has 0 amide bonds. The molecule has 13 heavy (non-hydrogen) atoms. The first kappa shape index (κ1) is 8.26. The Labute approximate surface area is 79.4 Å². The fourth-order valence-electron chi connectivity index (χ4n) is 1.31. The molecule has 2 aromatic rings. The number of rotatable bonds is 1. The highest BCUT2D eigenvalue weighted by Gasteiger charge is 2.08. The molecule has 2 nitrogen and oxygen atoms in total. The van der Waals surface area contributed by atoms with Crippen molar-refractivity contribution in [3.63, 3.8) is 0 Å². The van der Waals surface area contributed by atoms with Crippen LogP contribution in [-0.2, 0) is 0 Å². The number of aryl methyl sites for hydroxylation is 1. The lowest BCUT2D eigenvalue weighted by molar-refractivity contribution is 0.0702. The van der Waals surface area contributed by atoms with E-state index in [0.29, 0.717) is 4.88 Å². The molecule has 0 saturated heterocycles. The molecular weight excluding hydrogens is 184 g/mol. The highest BCUT2D eigenvalue weighted by molar-refractivity contribution is 7.20. The van der Waals surface area contributed by atoms with Gasteiger partial charge in [0.15, 0.2) is 0 Å². The summed E-state index contributed by atoms with van der Waals surface area (Å²) in [7, 11) is 0. The van der Waals surface area contributed by atoms with Gasteiger partial charge in [-0.3, -0.25) is 0 Å². The van der Waals surface area contributed by atoms with E-state index >= 15 is 0 Å². The summed E-state index contributed by atoms with van der Waals surface area (Å²) in [6.07, 6.45) is 0. The first-order chi connectivity index (χ1) is 6.18. The highest BCUT2D eigenvalue weighted by Crippen LogP contribution is 2.27. The second-order valence-corrected chi connectivity index (χ2v) is 3.99. The summed E-state index contributed by atoms with van der Waals surface area (Å²) in [6.45, 7) is 1.99. The average molecular weight is 192 g/mol. The molecule has 2 rings (SSSR count). The first-order valence-corrected chi connectivity index (χ1v) is 4.72. The third kappa shape index (κ3) is 1.31. The lowest BCUT2D eigenvalue weighted by atomic mass is 10.1. The van der Waals surface area contributed by atoms with Crippen LogP contribution < -0.4 is 0 Å². The minimum Gasteiger partial charge on any atom is -0.477 e. The number of aromatic carboxylic acids is 1. The summed E-state index contributed by atoms with van der Waals surface area (Å²) >= 11 is 1.32. The Kier molecular flexibility index (Phi) is 1.81. The summed E-state index contributed by atoms with van der Waals surface area (Å²) in [5.74, 6) is -0.847. The second-order valence-electron chi connectivity index (χ2n) is 2.90. The molecule has 0 spiro atoms. The topological polar surface area (TPSA) is 37.3 Å². The van der Waals surface area contributed by atoms with E-state index in [2.05, 4.69) is 0 Å². The van der Waals surface area contributed by atoms with Crippen molar-refractivity contribution >= 4 is 27.4 Å². The molecule has 1 aromatic heterocycles. The summed E-state index contributed by atoms with van der Waals surface area (Å²) in [5, 5.41) is 9.83. The van der Waals surface area contributed by atoms with E-state index in [1.165, 1.54) is 11.3 Å². The van der Waals surface area contributed by atoms with Crippen LogP contribution in [-0.4, -0.2) is 11.1 Å². The van der Waals surface area contributed by atoms with Crippen molar-refractivity contribution in [1.82, 2.24) is 0 Å². The molecule has 0 aliphatic heterocycles. The molecule has 0 bridgehead atoms. The number of carbonyl (C=O) groups is 1. The molecule has 66 valence electrons. The van der Waals surface area contributed by atoms with Crippen LogP contribution in [0.4, 0.5) is 0 Å². The largest absolute Gasteiger partial charge is 0.477 e. The first-order valence-electron chi connectivity index (χ1n) is 3.91. The van der Waals surface area contributed by atoms with Gasteiger partial charge in [0.05, 0.1) is 0 Å². The standard InChI is InChI=1S/C10H8O2S/c1-6-3-2-4-8-7(6)5-9(13-8)10(11)12/h2-5H,1H3,(H,11,12). The van der Waals surface area contributed by atoms with E-state index in [1.54, 1.807) is 6.07 Å². The molecular formula is C10H8O2S. The molecule has 0 fully saturated rings. The van der Waals surface area contributed by atoms with Crippen molar-refractivity contribution in [2.45, 2.75) is 6.92 Å². The number of fused-ring (bicyclic) bond motifs is 1. The summed E-state index contributed by atoms with van der Waals surface area (Å²) < 4.78 is 1.04. The third-order valence-electron chi connectivity index (χ3n) is 1.99. The number of thiophene rings is 1. The monoisotopic (exact) mass is 192 g/mol. The zero-order valence-electron chi connectivity index (χ0n) is 7.07. The Morgan fingerprint density at radius 3 is 2.85 bits per heavy atom. The Bertz CT molecular complexity index is 471. The minimum atomic E-state index is -0.847. The van der Waals surface area contributed by atoms with Crippen molar-refractivity contribution in [1.29, 1.82) is 0 Å². The van der Waals surface area contributed by atoms with Gasteiger partial charge in [0, 0.05) is 4.70 Å². The Morgan fingerprint density at radius 2 is 2.23 bits per heavy atom. The van der Waals surface area contributed by atoms with Crippen LogP contribution in [0.5, 0.6) is 0 Å². The third-order valence-corrected chi connectivity index (χ3v) is 3.08. The predicted octanol–water partition coefficient (Wildman–Crippen LogP) is 2.91. The van der Waals surface area contributed by atoms with E-state index in [9.17, 15) is 4.79 Å². The predicted molar refractivity (Wildman–Crippen MR) is 53.5 cm³/mol. The van der Waals surface area contributed by atoms with Gasteiger partial charge in [-0.2, -0.15) is 0 Å². The van der Waals surface area contributed by atoms with Crippen molar-refractivity contribution in [2.24, 2.45) is 0 Å². The van der Waals surface area contributed by atoms with Gasteiger partial charge in [0.1, 0.15) is 4.88 Å². The molecule has 0 unspecified atom stereocenters. The number of hydrogen-bond acceptors (Lipinski definition) is 2. The minimum absolute atomic E-state index is 0.407. The zero-order valence-corrected chi connectivity index (χ0v) is 7.89. The highest BCUT2D eigenvalue weighted by atomic mass is 32.1. The number of benzene rings is 1. The molecule has 3 heteroatoms. The molecule has 0 saturated carbocycles. The normalized spacial score (nSPS) is 10.5. The maximum Gasteiger partial charge on any atom is 0.345 e. The maximum absolute atomic E-state index is 10.7. The van der Waals surface area contributed by atoms with E-state index in [-0.39, 0.29) is 0 Å². The number of hydrogen-bond donors (Lipinski definition) is 1. The smallest absolute Gasteiger partial charge is 0.345 e. The van der Waals surface area contributed by atoms with Crippen LogP contribution in [0.3, 0.4) is 0 Å². The van der Waals surface area contributed by atoms with Crippen LogP contribution in [0.25, 0.3) is 10.1 Å². The molecule has 0 atom stereocenters. The van der Waals surface area contributed by atoms with Crippen LogP contribution in [0, 0.1) is 6.92 Å². The van der Waals surface area contributed by atoms with Crippen LogP contribution in [0.1, 0.15) is 15.2 Å².